The minimum Gasteiger partial charge on any atom is -0.343 e. The predicted octanol–water partition coefficient (Wildman–Crippen LogP) is 1.66. The van der Waals surface area contributed by atoms with Crippen molar-refractivity contribution >= 4 is 15.9 Å². The number of amides is 1. The number of carbonyl (C=O) groups excluding carboxylic acids is 1. The van der Waals surface area contributed by atoms with E-state index in [9.17, 15) is 13.2 Å². The van der Waals surface area contributed by atoms with Crippen molar-refractivity contribution in [1.82, 2.24) is 18.8 Å². The molecule has 1 amide bonds. The van der Waals surface area contributed by atoms with E-state index in [2.05, 4.69) is 4.98 Å². The number of sulfonamides is 1. The second-order valence-electron chi connectivity index (χ2n) is 6.48. The number of aromatic nitrogens is 2. The molecule has 8 heteroatoms. The molecular formula is C17H22N4O3S. The van der Waals surface area contributed by atoms with E-state index in [-0.39, 0.29) is 10.8 Å². The molecule has 0 saturated heterocycles. The number of rotatable bonds is 3. The van der Waals surface area contributed by atoms with Crippen LogP contribution in [-0.2, 0) is 16.6 Å². The molecule has 1 aliphatic rings. The van der Waals surface area contributed by atoms with Gasteiger partial charge in [0.1, 0.15) is 11.5 Å². The Morgan fingerprint density at radius 2 is 1.84 bits per heavy atom. The van der Waals surface area contributed by atoms with Gasteiger partial charge in [-0.15, -0.1) is 0 Å². The molecule has 7 nitrogen and oxygen atoms in total. The third-order valence-electron chi connectivity index (χ3n) is 4.43. The van der Waals surface area contributed by atoms with Crippen molar-refractivity contribution < 1.29 is 13.2 Å². The van der Waals surface area contributed by atoms with Crippen LogP contribution < -0.4 is 0 Å². The largest absolute Gasteiger partial charge is 0.343 e. The van der Waals surface area contributed by atoms with Crippen LogP contribution in [0.4, 0.5) is 0 Å². The first-order valence-electron chi connectivity index (χ1n) is 8.09. The molecular weight excluding hydrogens is 340 g/mol. The number of imidazole rings is 1. The molecule has 25 heavy (non-hydrogen) atoms. The topological polar surface area (TPSA) is 75.5 Å². The van der Waals surface area contributed by atoms with Crippen molar-refractivity contribution in [2.24, 2.45) is 0 Å². The van der Waals surface area contributed by atoms with E-state index in [0.717, 1.165) is 5.56 Å². The SMILES string of the molecule is Cc1ccc(S(=O)(=O)N2CCn3cc(C(=O)N(C)C)nc3[C@H]2C)cc1. The standard InChI is InChI=1S/C17H22N4O3S/c1-12-5-7-14(8-6-12)25(23,24)21-10-9-20-11-15(17(22)19(3)4)18-16(20)13(21)2/h5-8,11,13H,9-10H2,1-4H3/t13-/m1/s1. The molecule has 0 radical (unpaired) electrons. The van der Waals surface area contributed by atoms with E-state index < -0.39 is 16.1 Å². The number of nitrogens with zero attached hydrogens (tertiary/aromatic N) is 4. The molecule has 1 atom stereocenters. The van der Waals surface area contributed by atoms with E-state index >= 15 is 0 Å². The monoisotopic (exact) mass is 362 g/mol. The summed E-state index contributed by atoms with van der Waals surface area (Å²) in [6.07, 6.45) is 1.70. The van der Waals surface area contributed by atoms with Gasteiger partial charge in [0.05, 0.1) is 10.9 Å². The molecule has 1 aliphatic heterocycles. The molecule has 1 aromatic carbocycles. The van der Waals surface area contributed by atoms with Gasteiger partial charge in [-0.2, -0.15) is 4.31 Å². The average Bonchev–Trinajstić information content (AvgIpc) is 2.99. The number of aryl methyl sites for hydroxylation is 1. The fraction of sp³-hybridized carbons (Fsp3) is 0.412. The molecule has 0 bridgehead atoms. The van der Waals surface area contributed by atoms with Gasteiger partial charge < -0.3 is 9.47 Å². The van der Waals surface area contributed by atoms with Gasteiger partial charge in [0.2, 0.25) is 10.0 Å². The molecule has 0 spiro atoms. The van der Waals surface area contributed by atoms with Crippen molar-refractivity contribution in [2.45, 2.75) is 31.3 Å². The van der Waals surface area contributed by atoms with E-state index in [1.807, 2.05) is 11.5 Å². The number of hydrogen-bond acceptors (Lipinski definition) is 4. The zero-order valence-electron chi connectivity index (χ0n) is 14.8. The first-order chi connectivity index (χ1) is 11.7. The summed E-state index contributed by atoms with van der Waals surface area (Å²) in [6, 6.07) is 6.38. The van der Waals surface area contributed by atoms with Crippen LogP contribution >= 0.6 is 0 Å². The highest BCUT2D eigenvalue weighted by Gasteiger charge is 2.36. The molecule has 1 aromatic heterocycles. The van der Waals surface area contributed by atoms with Crippen molar-refractivity contribution in [3.63, 3.8) is 0 Å². The zero-order chi connectivity index (χ0) is 18.4. The molecule has 0 unspecified atom stereocenters. The van der Waals surface area contributed by atoms with Crippen LogP contribution in [0, 0.1) is 6.92 Å². The third-order valence-corrected chi connectivity index (χ3v) is 6.41. The number of carbonyl (C=O) groups is 1. The summed E-state index contributed by atoms with van der Waals surface area (Å²) in [5.41, 5.74) is 1.34. The lowest BCUT2D eigenvalue weighted by Crippen LogP contribution is -2.41. The Morgan fingerprint density at radius 3 is 2.44 bits per heavy atom. The molecule has 2 heterocycles. The maximum absolute atomic E-state index is 13.0. The summed E-state index contributed by atoms with van der Waals surface area (Å²) in [5, 5.41) is 0. The summed E-state index contributed by atoms with van der Waals surface area (Å²) in [4.78, 5) is 18.2. The van der Waals surface area contributed by atoms with Gasteiger partial charge in [0.25, 0.3) is 5.91 Å². The lowest BCUT2D eigenvalue weighted by atomic mass is 10.2. The zero-order valence-corrected chi connectivity index (χ0v) is 15.6. The third kappa shape index (κ3) is 3.07. The Morgan fingerprint density at radius 1 is 1.20 bits per heavy atom. The smallest absolute Gasteiger partial charge is 0.273 e. The van der Waals surface area contributed by atoms with Gasteiger partial charge in [-0.1, -0.05) is 17.7 Å². The van der Waals surface area contributed by atoms with Gasteiger partial charge >= 0.3 is 0 Å². The number of hydrogen-bond donors (Lipinski definition) is 0. The van der Waals surface area contributed by atoms with Gasteiger partial charge in [-0.25, -0.2) is 13.4 Å². The van der Waals surface area contributed by atoms with Gasteiger partial charge in [-0.3, -0.25) is 4.79 Å². The average molecular weight is 362 g/mol. The highest BCUT2D eigenvalue weighted by Crippen LogP contribution is 2.30. The molecule has 0 N–H and O–H groups in total. The Hall–Kier alpha value is -2.19. The van der Waals surface area contributed by atoms with E-state index in [1.165, 1.54) is 9.21 Å². The molecule has 2 aromatic rings. The molecule has 0 fully saturated rings. The maximum Gasteiger partial charge on any atom is 0.273 e. The van der Waals surface area contributed by atoms with Crippen LogP contribution in [0.5, 0.6) is 0 Å². The van der Waals surface area contributed by atoms with Crippen LogP contribution in [0.25, 0.3) is 0 Å². The maximum atomic E-state index is 13.0. The number of fused-ring (bicyclic) bond motifs is 1. The Balaban J connectivity index is 1.94. The van der Waals surface area contributed by atoms with Crippen LogP contribution in [0.3, 0.4) is 0 Å². The summed E-state index contributed by atoms with van der Waals surface area (Å²) in [6.45, 7) is 4.53. The summed E-state index contributed by atoms with van der Waals surface area (Å²) < 4.78 is 29.3. The van der Waals surface area contributed by atoms with Gasteiger partial charge in [0.15, 0.2) is 0 Å². The summed E-state index contributed by atoms with van der Waals surface area (Å²) in [5.74, 6) is 0.397. The summed E-state index contributed by atoms with van der Waals surface area (Å²) in [7, 11) is -0.283. The molecule has 0 aliphatic carbocycles. The fourth-order valence-corrected chi connectivity index (χ4v) is 4.56. The van der Waals surface area contributed by atoms with E-state index in [4.69, 9.17) is 0 Å². The second-order valence-corrected chi connectivity index (χ2v) is 8.37. The second kappa shape index (κ2) is 6.27. The highest BCUT2D eigenvalue weighted by molar-refractivity contribution is 7.89. The van der Waals surface area contributed by atoms with E-state index in [0.29, 0.717) is 24.6 Å². The Bertz CT molecular complexity index is 900. The van der Waals surface area contributed by atoms with Crippen LogP contribution in [0.2, 0.25) is 0 Å². The molecule has 0 saturated carbocycles. The van der Waals surface area contributed by atoms with Crippen molar-refractivity contribution in [2.75, 3.05) is 20.6 Å². The van der Waals surface area contributed by atoms with Crippen molar-refractivity contribution in [3.8, 4) is 0 Å². The normalized spacial score (nSPS) is 18.0. The van der Waals surface area contributed by atoms with Crippen LogP contribution in [0.15, 0.2) is 35.4 Å². The molecule has 134 valence electrons. The van der Waals surface area contributed by atoms with E-state index in [1.54, 1.807) is 51.5 Å². The first kappa shape index (κ1) is 17.6. The lowest BCUT2D eigenvalue weighted by molar-refractivity contribution is 0.0822. The van der Waals surface area contributed by atoms with Crippen molar-refractivity contribution in [1.29, 1.82) is 0 Å². The van der Waals surface area contributed by atoms with Crippen LogP contribution in [0.1, 0.15) is 34.8 Å². The number of benzene rings is 1. The fourth-order valence-electron chi connectivity index (χ4n) is 2.98. The summed E-state index contributed by atoms with van der Waals surface area (Å²) >= 11 is 0. The first-order valence-corrected chi connectivity index (χ1v) is 9.53. The van der Waals surface area contributed by atoms with Gasteiger partial charge in [0, 0.05) is 33.4 Å². The Labute approximate surface area is 147 Å². The van der Waals surface area contributed by atoms with Crippen molar-refractivity contribution in [3.05, 3.63) is 47.5 Å². The minimum absolute atomic E-state index is 0.193. The highest BCUT2D eigenvalue weighted by atomic mass is 32.2. The Kier molecular flexibility index (Phi) is 4.42. The van der Waals surface area contributed by atoms with Crippen LogP contribution in [-0.4, -0.2) is 53.7 Å². The minimum atomic E-state index is -3.61. The predicted molar refractivity (Wildman–Crippen MR) is 93.7 cm³/mol. The quantitative estimate of drug-likeness (QED) is 0.832. The lowest BCUT2D eigenvalue weighted by Gasteiger charge is -2.32. The molecule has 3 rings (SSSR count). The van der Waals surface area contributed by atoms with Gasteiger partial charge in [-0.05, 0) is 26.0 Å².